The fraction of sp³-hybridized carbons (Fsp3) is 0.286. The van der Waals surface area contributed by atoms with E-state index in [0.717, 1.165) is 17.2 Å². The molecular formula is C14H14N2O2S. The smallest absolute Gasteiger partial charge is 0.169 e. The van der Waals surface area contributed by atoms with Crippen molar-refractivity contribution in [2.45, 2.75) is 29.3 Å². The van der Waals surface area contributed by atoms with Crippen molar-refractivity contribution >= 4 is 18.0 Å². The van der Waals surface area contributed by atoms with E-state index in [1.54, 1.807) is 24.2 Å². The fourth-order valence-corrected chi connectivity index (χ4v) is 3.97. The maximum absolute atomic E-state index is 10.7. The van der Waals surface area contributed by atoms with Gasteiger partial charge in [0.15, 0.2) is 5.16 Å². The van der Waals surface area contributed by atoms with Gasteiger partial charge in [-0.3, -0.25) is 4.79 Å². The van der Waals surface area contributed by atoms with Crippen LogP contribution in [0.25, 0.3) is 0 Å². The Morgan fingerprint density at radius 3 is 3.00 bits per heavy atom. The highest BCUT2D eigenvalue weighted by Crippen LogP contribution is 2.58. The van der Waals surface area contributed by atoms with Gasteiger partial charge in [-0.15, -0.1) is 0 Å². The van der Waals surface area contributed by atoms with Crippen molar-refractivity contribution in [1.82, 2.24) is 9.55 Å². The lowest BCUT2D eigenvalue weighted by atomic mass is 9.83. The third-order valence-electron chi connectivity index (χ3n) is 3.86. The number of hydrogen-bond donors (Lipinski definition) is 0. The van der Waals surface area contributed by atoms with Gasteiger partial charge in [-0.05, 0) is 32.1 Å². The monoisotopic (exact) mass is 274 g/mol. The Balaban J connectivity index is 2.19. The largest absolute Gasteiger partial charge is 0.468 e. The molecule has 0 saturated heterocycles. The van der Waals surface area contributed by atoms with Crippen molar-refractivity contribution in [2.24, 2.45) is 0 Å². The molecule has 0 aliphatic carbocycles. The van der Waals surface area contributed by atoms with Crippen LogP contribution in [0.1, 0.15) is 19.6 Å². The maximum atomic E-state index is 10.7. The summed E-state index contributed by atoms with van der Waals surface area (Å²) < 4.78 is 7.36. The molecule has 0 bridgehead atoms. The fourth-order valence-electron chi connectivity index (χ4n) is 2.55. The molecule has 0 saturated carbocycles. The van der Waals surface area contributed by atoms with Crippen LogP contribution in [0.5, 0.6) is 0 Å². The van der Waals surface area contributed by atoms with Gasteiger partial charge in [0, 0.05) is 12.4 Å². The Labute approximate surface area is 115 Å². The van der Waals surface area contributed by atoms with Crippen LogP contribution in [0.4, 0.5) is 0 Å². The third kappa shape index (κ3) is 1.54. The predicted molar refractivity (Wildman–Crippen MR) is 73.0 cm³/mol. The molecule has 0 spiro atoms. The second-order valence-corrected chi connectivity index (χ2v) is 6.22. The number of thioether (sulfide) groups is 1. The zero-order valence-electron chi connectivity index (χ0n) is 10.7. The Kier molecular flexibility index (Phi) is 2.67. The number of carbonyl (C=O) groups is 1. The van der Waals surface area contributed by atoms with E-state index < -0.39 is 5.54 Å². The molecule has 0 radical (unpaired) electrons. The topological polar surface area (TPSA) is 48.0 Å². The number of aldehydes is 1. The Morgan fingerprint density at radius 2 is 2.32 bits per heavy atom. The van der Waals surface area contributed by atoms with Crippen LogP contribution in [0.3, 0.4) is 0 Å². The molecule has 1 aliphatic heterocycles. The van der Waals surface area contributed by atoms with E-state index >= 15 is 0 Å². The summed E-state index contributed by atoms with van der Waals surface area (Å²) in [5.74, 6) is 0.876. The van der Waals surface area contributed by atoms with Gasteiger partial charge in [0.25, 0.3) is 0 Å². The summed E-state index contributed by atoms with van der Waals surface area (Å²) >= 11 is 1.65. The number of carbonyl (C=O) groups excluding carboxylic acids is 1. The van der Waals surface area contributed by atoms with Gasteiger partial charge in [-0.2, -0.15) is 0 Å². The first-order valence-electron chi connectivity index (χ1n) is 6.02. The van der Waals surface area contributed by atoms with E-state index in [4.69, 9.17) is 4.42 Å². The first kappa shape index (κ1) is 12.3. The third-order valence-corrected chi connectivity index (χ3v) is 5.37. The van der Waals surface area contributed by atoms with E-state index in [-0.39, 0.29) is 4.75 Å². The zero-order valence-corrected chi connectivity index (χ0v) is 11.6. The molecule has 0 N–H and O–H groups in total. The van der Waals surface area contributed by atoms with Gasteiger partial charge in [0.05, 0.1) is 11.8 Å². The Bertz CT molecular complexity index is 632. The van der Waals surface area contributed by atoms with Crippen molar-refractivity contribution in [3.05, 3.63) is 48.7 Å². The summed E-state index contributed by atoms with van der Waals surface area (Å²) in [6.07, 6.45) is 9.63. The number of rotatable bonds is 3. The number of imidazole rings is 1. The Hall–Kier alpha value is -1.75. The van der Waals surface area contributed by atoms with Crippen LogP contribution >= 0.6 is 11.8 Å². The summed E-state index contributed by atoms with van der Waals surface area (Å²) in [7, 11) is 0. The first-order chi connectivity index (χ1) is 9.12. The van der Waals surface area contributed by atoms with E-state index in [0.29, 0.717) is 0 Å². The van der Waals surface area contributed by atoms with Crippen LogP contribution in [0.15, 0.2) is 52.5 Å². The van der Waals surface area contributed by atoms with Crippen LogP contribution in [-0.4, -0.2) is 15.8 Å². The number of hydrogen-bond acceptors (Lipinski definition) is 4. The van der Waals surface area contributed by atoms with Gasteiger partial charge in [-0.25, -0.2) is 4.98 Å². The molecular weight excluding hydrogens is 260 g/mol. The summed E-state index contributed by atoms with van der Waals surface area (Å²) in [5, 5.41) is 0.928. The lowest BCUT2D eigenvalue weighted by Crippen LogP contribution is -2.41. The minimum absolute atomic E-state index is 0.334. The average Bonchev–Trinajstić information content (AvgIpc) is 3.08. The molecule has 2 aromatic heterocycles. The second kappa shape index (κ2) is 4.13. The van der Waals surface area contributed by atoms with Crippen molar-refractivity contribution in [3.8, 4) is 0 Å². The quantitative estimate of drug-likeness (QED) is 0.637. The van der Waals surface area contributed by atoms with Crippen molar-refractivity contribution < 1.29 is 9.21 Å². The van der Waals surface area contributed by atoms with Gasteiger partial charge in [0.1, 0.15) is 16.8 Å². The highest BCUT2D eigenvalue weighted by Gasteiger charge is 2.54. The number of aromatic nitrogens is 2. The van der Waals surface area contributed by atoms with Gasteiger partial charge in [-0.1, -0.05) is 17.8 Å². The maximum Gasteiger partial charge on any atom is 0.169 e. The summed E-state index contributed by atoms with van der Waals surface area (Å²) in [4.78, 5) is 15.1. The van der Waals surface area contributed by atoms with Crippen LogP contribution in [-0.2, 0) is 15.1 Å². The van der Waals surface area contributed by atoms with Crippen molar-refractivity contribution in [3.63, 3.8) is 0 Å². The average molecular weight is 274 g/mol. The van der Waals surface area contributed by atoms with Crippen LogP contribution in [0, 0.1) is 0 Å². The molecule has 19 heavy (non-hydrogen) atoms. The molecule has 98 valence electrons. The van der Waals surface area contributed by atoms with Gasteiger partial charge < -0.3 is 8.98 Å². The van der Waals surface area contributed by atoms with Gasteiger partial charge >= 0.3 is 0 Å². The summed E-state index contributed by atoms with van der Waals surface area (Å²) in [5.41, 5.74) is -0.401. The van der Waals surface area contributed by atoms with E-state index in [1.807, 2.05) is 24.4 Å². The van der Waals surface area contributed by atoms with Crippen LogP contribution < -0.4 is 0 Å². The molecule has 0 amide bonds. The molecule has 0 fully saturated rings. The first-order valence-corrected chi connectivity index (χ1v) is 6.83. The molecule has 4 nitrogen and oxygen atoms in total. The highest BCUT2D eigenvalue weighted by molar-refractivity contribution is 8.00. The standard InChI is InChI=1S/C14H14N2O2S/c1-13(6-4-9-17)14(2,11-5-3-10-18-11)19-12-15-7-8-16(12)13/h3-10H,1-2H3/b6-4+. The lowest BCUT2D eigenvalue weighted by molar-refractivity contribution is -0.104. The molecule has 3 heterocycles. The molecule has 2 atom stereocenters. The van der Waals surface area contributed by atoms with Gasteiger partial charge in [0.2, 0.25) is 0 Å². The number of nitrogens with zero attached hydrogens (tertiary/aromatic N) is 2. The normalized spacial score (nSPS) is 29.8. The van der Waals surface area contributed by atoms with E-state index in [2.05, 4.69) is 23.4 Å². The highest BCUT2D eigenvalue weighted by atomic mass is 32.2. The number of fused-ring (bicyclic) bond motifs is 1. The molecule has 1 aliphatic rings. The zero-order chi connectivity index (χ0) is 13.5. The number of allylic oxidation sites excluding steroid dienone is 2. The minimum atomic E-state index is -0.401. The van der Waals surface area contributed by atoms with Crippen LogP contribution in [0.2, 0.25) is 0 Å². The summed E-state index contributed by atoms with van der Waals surface area (Å²) in [6.45, 7) is 4.20. The summed E-state index contributed by atoms with van der Waals surface area (Å²) in [6, 6.07) is 3.85. The number of furan rings is 1. The molecule has 2 unspecified atom stereocenters. The SMILES string of the molecule is CC1(c2ccco2)Sc2nccn2C1(C)/C=C/C=O. The molecule has 2 aromatic rings. The van der Waals surface area contributed by atoms with E-state index in [9.17, 15) is 4.79 Å². The predicted octanol–water partition coefficient (Wildman–Crippen LogP) is 2.97. The minimum Gasteiger partial charge on any atom is -0.468 e. The lowest BCUT2D eigenvalue weighted by Gasteiger charge is -2.37. The Morgan fingerprint density at radius 1 is 1.47 bits per heavy atom. The molecule has 5 heteroatoms. The van der Waals surface area contributed by atoms with Crippen molar-refractivity contribution in [2.75, 3.05) is 0 Å². The second-order valence-electron chi connectivity index (χ2n) is 4.84. The van der Waals surface area contributed by atoms with Crippen molar-refractivity contribution in [1.29, 1.82) is 0 Å². The molecule has 0 aromatic carbocycles. The molecule has 3 rings (SSSR count). The van der Waals surface area contributed by atoms with E-state index in [1.165, 1.54) is 6.08 Å².